The zero-order valence-electron chi connectivity index (χ0n) is 12.5. The SMILES string of the molecule is CCN(C)C(=O)CNC(=O)C1CC(N)C(C)CC1C. The Bertz CT molecular complexity index is 333. The van der Waals surface area contributed by atoms with Crippen molar-refractivity contribution in [3.05, 3.63) is 0 Å². The molecule has 0 aromatic carbocycles. The molecule has 4 atom stereocenters. The molecule has 19 heavy (non-hydrogen) atoms. The zero-order chi connectivity index (χ0) is 14.6. The van der Waals surface area contributed by atoms with Crippen molar-refractivity contribution in [2.45, 2.75) is 39.7 Å². The lowest BCUT2D eigenvalue weighted by Crippen LogP contribution is -2.47. The molecule has 0 bridgehead atoms. The Morgan fingerprint density at radius 1 is 1.26 bits per heavy atom. The first-order chi connectivity index (χ1) is 8.86. The lowest BCUT2D eigenvalue weighted by Gasteiger charge is -2.36. The van der Waals surface area contributed by atoms with Crippen molar-refractivity contribution >= 4 is 11.8 Å². The Morgan fingerprint density at radius 2 is 1.89 bits per heavy atom. The van der Waals surface area contributed by atoms with Crippen molar-refractivity contribution < 1.29 is 9.59 Å². The molecule has 0 aromatic heterocycles. The van der Waals surface area contributed by atoms with Gasteiger partial charge in [0.2, 0.25) is 11.8 Å². The summed E-state index contributed by atoms with van der Waals surface area (Å²) < 4.78 is 0. The summed E-state index contributed by atoms with van der Waals surface area (Å²) in [7, 11) is 1.73. The molecule has 1 rings (SSSR count). The van der Waals surface area contributed by atoms with Crippen LogP contribution in [0.25, 0.3) is 0 Å². The fourth-order valence-corrected chi connectivity index (χ4v) is 2.65. The summed E-state index contributed by atoms with van der Waals surface area (Å²) in [5.74, 6) is 0.635. The van der Waals surface area contributed by atoms with Gasteiger partial charge in [0.05, 0.1) is 6.54 Å². The van der Waals surface area contributed by atoms with Crippen LogP contribution in [0.1, 0.15) is 33.6 Å². The maximum absolute atomic E-state index is 12.1. The molecule has 2 amide bonds. The highest BCUT2D eigenvalue weighted by Crippen LogP contribution is 2.32. The van der Waals surface area contributed by atoms with E-state index in [1.165, 1.54) is 0 Å². The van der Waals surface area contributed by atoms with Crippen LogP contribution in [0.4, 0.5) is 0 Å². The van der Waals surface area contributed by atoms with Crippen LogP contribution in [0, 0.1) is 17.8 Å². The van der Waals surface area contributed by atoms with E-state index in [0.717, 1.165) is 6.42 Å². The minimum Gasteiger partial charge on any atom is -0.347 e. The topological polar surface area (TPSA) is 75.4 Å². The molecule has 0 aliphatic heterocycles. The smallest absolute Gasteiger partial charge is 0.241 e. The lowest BCUT2D eigenvalue weighted by atomic mass is 9.72. The average Bonchev–Trinajstić information content (AvgIpc) is 2.38. The minimum atomic E-state index is -0.0640. The van der Waals surface area contributed by atoms with Gasteiger partial charge in [-0.1, -0.05) is 13.8 Å². The van der Waals surface area contributed by atoms with Crippen molar-refractivity contribution in [2.24, 2.45) is 23.5 Å². The first kappa shape index (κ1) is 16.0. The van der Waals surface area contributed by atoms with Gasteiger partial charge in [-0.25, -0.2) is 0 Å². The molecule has 1 aliphatic rings. The van der Waals surface area contributed by atoms with E-state index in [1.807, 2.05) is 6.92 Å². The van der Waals surface area contributed by atoms with Crippen LogP contribution >= 0.6 is 0 Å². The molecule has 5 heteroatoms. The van der Waals surface area contributed by atoms with Crippen LogP contribution in [-0.4, -0.2) is 42.9 Å². The van der Waals surface area contributed by atoms with E-state index in [1.54, 1.807) is 11.9 Å². The molecule has 0 spiro atoms. The van der Waals surface area contributed by atoms with E-state index in [-0.39, 0.29) is 30.3 Å². The first-order valence-corrected chi connectivity index (χ1v) is 7.14. The Morgan fingerprint density at radius 3 is 2.47 bits per heavy atom. The molecule has 0 saturated heterocycles. The summed E-state index contributed by atoms with van der Waals surface area (Å²) in [5.41, 5.74) is 6.04. The second-order valence-electron chi connectivity index (χ2n) is 5.82. The quantitative estimate of drug-likeness (QED) is 0.784. The van der Waals surface area contributed by atoms with Crippen molar-refractivity contribution in [3.63, 3.8) is 0 Å². The standard InChI is InChI=1S/C14H27N3O2/c1-5-17(4)13(18)8-16-14(19)11-7-12(15)10(3)6-9(11)2/h9-12H,5-8,15H2,1-4H3,(H,16,19). The van der Waals surface area contributed by atoms with Crippen LogP contribution < -0.4 is 11.1 Å². The molecule has 1 fully saturated rings. The number of carbonyl (C=O) groups is 2. The second kappa shape index (κ2) is 6.89. The highest BCUT2D eigenvalue weighted by molar-refractivity contribution is 5.85. The number of hydrogen-bond acceptors (Lipinski definition) is 3. The Kier molecular flexibility index (Phi) is 5.79. The van der Waals surface area contributed by atoms with Crippen LogP contribution in [0.2, 0.25) is 0 Å². The maximum Gasteiger partial charge on any atom is 0.241 e. The average molecular weight is 269 g/mol. The second-order valence-corrected chi connectivity index (χ2v) is 5.82. The third-order valence-electron chi connectivity index (χ3n) is 4.34. The van der Waals surface area contributed by atoms with Crippen LogP contribution in [0.5, 0.6) is 0 Å². The van der Waals surface area contributed by atoms with Gasteiger partial charge in [0.1, 0.15) is 0 Å². The van der Waals surface area contributed by atoms with Gasteiger partial charge in [0.25, 0.3) is 0 Å². The zero-order valence-corrected chi connectivity index (χ0v) is 12.5. The van der Waals surface area contributed by atoms with E-state index in [4.69, 9.17) is 5.73 Å². The summed E-state index contributed by atoms with van der Waals surface area (Å²) in [6.07, 6.45) is 1.69. The highest BCUT2D eigenvalue weighted by atomic mass is 16.2. The molecule has 1 aliphatic carbocycles. The van der Waals surface area contributed by atoms with E-state index in [0.29, 0.717) is 24.8 Å². The van der Waals surface area contributed by atoms with Gasteiger partial charge >= 0.3 is 0 Å². The van der Waals surface area contributed by atoms with Crippen molar-refractivity contribution in [1.29, 1.82) is 0 Å². The fourth-order valence-electron chi connectivity index (χ4n) is 2.65. The number of hydrogen-bond donors (Lipinski definition) is 2. The summed E-state index contributed by atoms with van der Waals surface area (Å²) in [5, 5.41) is 2.75. The van der Waals surface area contributed by atoms with Gasteiger partial charge in [-0.05, 0) is 31.6 Å². The summed E-state index contributed by atoms with van der Waals surface area (Å²) in [4.78, 5) is 25.4. The molecular weight excluding hydrogens is 242 g/mol. The summed E-state index contributed by atoms with van der Waals surface area (Å²) in [6.45, 7) is 6.86. The van der Waals surface area contributed by atoms with Crippen molar-refractivity contribution in [1.82, 2.24) is 10.2 Å². The van der Waals surface area contributed by atoms with Crippen LogP contribution in [-0.2, 0) is 9.59 Å². The van der Waals surface area contributed by atoms with Gasteiger partial charge < -0.3 is 16.0 Å². The molecule has 5 nitrogen and oxygen atoms in total. The Labute approximate surface area is 115 Å². The number of amides is 2. The molecular formula is C14H27N3O2. The molecule has 0 aromatic rings. The van der Waals surface area contributed by atoms with E-state index in [9.17, 15) is 9.59 Å². The first-order valence-electron chi connectivity index (χ1n) is 7.14. The number of nitrogens with zero attached hydrogens (tertiary/aromatic N) is 1. The molecule has 0 radical (unpaired) electrons. The molecule has 4 unspecified atom stereocenters. The number of nitrogens with two attached hydrogens (primary N) is 1. The van der Waals surface area contributed by atoms with Gasteiger partial charge in [0.15, 0.2) is 0 Å². The largest absolute Gasteiger partial charge is 0.347 e. The van der Waals surface area contributed by atoms with Gasteiger partial charge in [-0.2, -0.15) is 0 Å². The predicted octanol–water partition coefficient (Wildman–Crippen LogP) is 0.590. The fraction of sp³-hybridized carbons (Fsp3) is 0.857. The summed E-state index contributed by atoms with van der Waals surface area (Å²) >= 11 is 0. The van der Waals surface area contributed by atoms with Crippen LogP contribution in [0.3, 0.4) is 0 Å². The number of likely N-dealkylation sites (N-methyl/N-ethyl adjacent to an activating group) is 1. The van der Waals surface area contributed by atoms with E-state index in [2.05, 4.69) is 19.2 Å². The van der Waals surface area contributed by atoms with E-state index < -0.39 is 0 Å². The number of carbonyl (C=O) groups excluding carboxylic acids is 2. The number of nitrogens with one attached hydrogen (secondary N) is 1. The molecule has 3 N–H and O–H groups in total. The Hall–Kier alpha value is -1.10. The highest BCUT2D eigenvalue weighted by Gasteiger charge is 2.35. The molecule has 110 valence electrons. The van der Waals surface area contributed by atoms with Gasteiger partial charge in [-0.3, -0.25) is 9.59 Å². The number of rotatable bonds is 4. The molecule has 1 saturated carbocycles. The monoisotopic (exact) mass is 269 g/mol. The van der Waals surface area contributed by atoms with Crippen molar-refractivity contribution in [2.75, 3.05) is 20.1 Å². The summed E-state index contributed by atoms with van der Waals surface area (Å²) in [6, 6.07) is 0.0842. The van der Waals surface area contributed by atoms with E-state index >= 15 is 0 Å². The van der Waals surface area contributed by atoms with Crippen LogP contribution in [0.15, 0.2) is 0 Å². The third-order valence-corrected chi connectivity index (χ3v) is 4.34. The van der Waals surface area contributed by atoms with Gasteiger partial charge in [0, 0.05) is 25.6 Å². The minimum absolute atomic E-state index is 0.0345. The Balaban J connectivity index is 2.47. The lowest BCUT2D eigenvalue weighted by molar-refractivity contribution is -0.134. The van der Waals surface area contributed by atoms with Crippen molar-refractivity contribution in [3.8, 4) is 0 Å². The van der Waals surface area contributed by atoms with Gasteiger partial charge in [-0.15, -0.1) is 0 Å². The predicted molar refractivity (Wildman–Crippen MR) is 75.3 cm³/mol. The third kappa shape index (κ3) is 4.20. The normalized spacial score (nSPS) is 30.8. The molecule has 0 heterocycles. The maximum atomic E-state index is 12.1.